The molecule has 1 saturated heterocycles. The molecule has 1 aromatic carbocycles. The van der Waals surface area contributed by atoms with Crippen molar-refractivity contribution in [3.8, 4) is 5.75 Å². The first-order valence-electron chi connectivity index (χ1n) is 10.3. The second-order valence-electron chi connectivity index (χ2n) is 8.48. The van der Waals surface area contributed by atoms with Gasteiger partial charge in [0, 0.05) is 25.2 Å². The Morgan fingerprint density at radius 3 is 2.66 bits per heavy atom. The number of hydrogen-bond acceptors (Lipinski definition) is 4. The fourth-order valence-corrected chi connectivity index (χ4v) is 4.60. The van der Waals surface area contributed by atoms with Crippen LogP contribution in [-0.2, 0) is 10.2 Å². The van der Waals surface area contributed by atoms with E-state index in [1.165, 1.54) is 24.8 Å². The zero-order valence-electron chi connectivity index (χ0n) is 17.2. The number of rotatable bonds is 6. The minimum absolute atomic E-state index is 0.0106. The Bertz CT molecular complexity index is 905. The van der Waals surface area contributed by atoms with E-state index in [1.54, 1.807) is 19.4 Å². The summed E-state index contributed by atoms with van der Waals surface area (Å²) in [6, 6.07) is 10.6. The van der Waals surface area contributed by atoms with Gasteiger partial charge in [-0.05, 0) is 29.9 Å². The molecule has 2 aromatic rings. The summed E-state index contributed by atoms with van der Waals surface area (Å²) in [6.45, 7) is 5.85. The van der Waals surface area contributed by atoms with Crippen LogP contribution in [0, 0.1) is 0 Å². The smallest absolute Gasteiger partial charge is 0.237 e. The Kier molecular flexibility index (Phi) is 5.54. The summed E-state index contributed by atoms with van der Waals surface area (Å²) in [6.07, 6.45) is 5.32. The number of ether oxygens (including phenoxy) is 1. The van der Waals surface area contributed by atoms with Crippen molar-refractivity contribution in [2.24, 2.45) is 0 Å². The molecule has 0 spiro atoms. The molecule has 1 N–H and O–H groups in total. The van der Waals surface area contributed by atoms with E-state index >= 15 is 0 Å². The van der Waals surface area contributed by atoms with Gasteiger partial charge in [-0.25, -0.2) is 4.98 Å². The molecule has 6 heteroatoms. The lowest BCUT2D eigenvalue weighted by Crippen LogP contribution is -2.68. The monoisotopic (exact) mass is 413 g/mol. The van der Waals surface area contributed by atoms with Crippen molar-refractivity contribution in [1.82, 2.24) is 9.88 Å². The lowest BCUT2D eigenvalue weighted by atomic mass is 9.68. The third kappa shape index (κ3) is 3.62. The minimum Gasteiger partial charge on any atom is -0.494 e. The van der Waals surface area contributed by atoms with Crippen molar-refractivity contribution in [1.29, 1.82) is 0 Å². The summed E-state index contributed by atoms with van der Waals surface area (Å²) >= 11 is 5.98. The molecule has 2 fully saturated rings. The average molecular weight is 414 g/mol. The highest BCUT2D eigenvalue weighted by molar-refractivity contribution is 6.29. The van der Waals surface area contributed by atoms with Gasteiger partial charge in [-0.15, -0.1) is 0 Å². The summed E-state index contributed by atoms with van der Waals surface area (Å²) < 4.78 is 5.40. The molecule has 4 rings (SSSR count). The highest BCUT2D eigenvalue weighted by atomic mass is 35.5. The lowest BCUT2D eigenvalue weighted by molar-refractivity contribution is -0.131. The number of likely N-dealkylation sites (tertiary alicyclic amines) is 1. The molecule has 0 radical (unpaired) electrons. The molecule has 0 bridgehead atoms. The van der Waals surface area contributed by atoms with Gasteiger partial charge in [0.2, 0.25) is 5.91 Å². The molecule has 0 atom stereocenters. The predicted octanol–water partition coefficient (Wildman–Crippen LogP) is 4.61. The molecule has 2 aliphatic rings. The predicted molar refractivity (Wildman–Crippen MR) is 116 cm³/mol. The molecule has 5 nitrogen and oxygen atoms in total. The number of hydrogen-bond donors (Lipinski definition) is 1. The quantitative estimate of drug-likeness (QED) is 0.702. The van der Waals surface area contributed by atoms with Gasteiger partial charge >= 0.3 is 0 Å². The number of amides is 1. The Morgan fingerprint density at radius 2 is 2.03 bits per heavy atom. The summed E-state index contributed by atoms with van der Waals surface area (Å²) in [5.41, 5.74) is 2.34. The molecular formula is C23H28ClN3O2. The van der Waals surface area contributed by atoms with Gasteiger partial charge < -0.3 is 10.1 Å². The number of pyridine rings is 1. The largest absolute Gasteiger partial charge is 0.494 e. The normalized spacial score (nSPS) is 18.8. The van der Waals surface area contributed by atoms with Gasteiger partial charge in [0.15, 0.2) is 0 Å². The molecular weight excluding hydrogens is 386 g/mol. The van der Waals surface area contributed by atoms with E-state index in [9.17, 15) is 4.79 Å². The van der Waals surface area contributed by atoms with Crippen molar-refractivity contribution in [3.63, 3.8) is 0 Å². The van der Waals surface area contributed by atoms with Crippen molar-refractivity contribution >= 4 is 23.2 Å². The van der Waals surface area contributed by atoms with Crippen LogP contribution in [0.3, 0.4) is 0 Å². The van der Waals surface area contributed by atoms with Crippen LogP contribution >= 0.6 is 11.6 Å². The second kappa shape index (κ2) is 7.96. The maximum atomic E-state index is 13.7. The van der Waals surface area contributed by atoms with Gasteiger partial charge in [-0.1, -0.05) is 56.1 Å². The van der Waals surface area contributed by atoms with E-state index in [0.29, 0.717) is 28.5 Å². The second-order valence-corrected chi connectivity index (χ2v) is 8.86. The van der Waals surface area contributed by atoms with E-state index < -0.39 is 5.41 Å². The van der Waals surface area contributed by atoms with E-state index in [-0.39, 0.29) is 5.91 Å². The van der Waals surface area contributed by atoms with Crippen LogP contribution in [0.5, 0.6) is 5.75 Å². The number of benzene rings is 1. The number of methoxy groups -OCH3 is 1. The minimum atomic E-state index is -0.568. The molecule has 1 saturated carbocycles. The zero-order valence-corrected chi connectivity index (χ0v) is 18.0. The van der Waals surface area contributed by atoms with E-state index in [1.807, 2.05) is 6.07 Å². The van der Waals surface area contributed by atoms with Crippen LogP contribution in [0.4, 0.5) is 5.69 Å². The zero-order chi connectivity index (χ0) is 20.6. The molecule has 154 valence electrons. The molecule has 29 heavy (non-hydrogen) atoms. The fourth-order valence-electron chi connectivity index (χ4n) is 4.45. The van der Waals surface area contributed by atoms with E-state index in [0.717, 1.165) is 18.7 Å². The molecule has 1 aliphatic carbocycles. The number of nitrogens with zero attached hydrogens (tertiary/aromatic N) is 2. The van der Waals surface area contributed by atoms with Crippen molar-refractivity contribution in [3.05, 3.63) is 52.8 Å². The van der Waals surface area contributed by atoms with Crippen LogP contribution in [0.25, 0.3) is 0 Å². The summed E-state index contributed by atoms with van der Waals surface area (Å²) in [5.74, 6) is 0.852. The van der Waals surface area contributed by atoms with Crippen molar-refractivity contribution < 1.29 is 9.53 Å². The summed E-state index contributed by atoms with van der Waals surface area (Å²) in [7, 11) is 1.56. The first-order chi connectivity index (χ1) is 13.9. The Hall–Kier alpha value is -2.11. The van der Waals surface area contributed by atoms with Crippen LogP contribution in [0.2, 0.25) is 5.15 Å². The fraction of sp³-hybridized carbons (Fsp3) is 0.478. The van der Waals surface area contributed by atoms with Gasteiger partial charge in [-0.2, -0.15) is 0 Å². The van der Waals surface area contributed by atoms with Gasteiger partial charge in [-0.3, -0.25) is 9.69 Å². The maximum absolute atomic E-state index is 13.7. The van der Waals surface area contributed by atoms with Crippen LogP contribution < -0.4 is 10.1 Å². The summed E-state index contributed by atoms with van der Waals surface area (Å²) in [5, 5.41) is 3.41. The molecule has 1 aliphatic heterocycles. The third-order valence-electron chi connectivity index (χ3n) is 6.37. The van der Waals surface area contributed by atoms with E-state index in [4.69, 9.17) is 16.3 Å². The Labute approximate surface area is 177 Å². The number of carbonyl (C=O) groups is 1. The van der Waals surface area contributed by atoms with Crippen LogP contribution in [0.1, 0.15) is 50.2 Å². The number of nitrogens with one attached hydrogen (secondary N) is 1. The molecule has 1 amide bonds. The standard InChI is InChI=1S/C23H28ClN3O2/c1-15(2)17-9-4-5-10-18(17)23(13-27(14-23)16-7-6-8-16)22(28)26-19-12-25-21(24)11-20(19)29-3/h4-5,9-12,15-16H,6-8,13-14H2,1-3H3,(H,26,28). The van der Waals surface area contributed by atoms with Crippen molar-refractivity contribution in [2.75, 3.05) is 25.5 Å². The van der Waals surface area contributed by atoms with Crippen molar-refractivity contribution in [2.45, 2.75) is 50.5 Å². The topological polar surface area (TPSA) is 54.5 Å². The van der Waals surface area contributed by atoms with Gasteiger partial charge in [0.1, 0.15) is 16.6 Å². The van der Waals surface area contributed by atoms with Crippen LogP contribution in [0.15, 0.2) is 36.5 Å². The van der Waals surface area contributed by atoms with Gasteiger partial charge in [0.05, 0.1) is 18.7 Å². The highest BCUT2D eigenvalue weighted by Gasteiger charge is 2.53. The molecule has 0 unspecified atom stereocenters. The molecule has 2 heterocycles. The average Bonchev–Trinajstić information content (AvgIpc) is 2.64. The SMILES string of the molecule is COc1cc(Cl)ncc1NC(=O)C1(c2ccccc2C(C)C)CN(C2CCC2)C1. The number of anilines is 1. The van der Waals surface area contributed by atoms with Crippen LogP contribution in [-0.4, -0.2) is 42.0 Å². The number of halogens is 1. The number of aromatic nitrogens is 1. The Morgan fingerprint density at radius 1 is 1.31 bits per heavy atom. The lowest BCUT2D eigenvalue weighted by Gasteiger charge is -2.55. The van der Waals surface area contributed by atoms with Gasteiger partial charge in [0.25, 0.3) is 0 Å². The molecule has 1 aromatic heterocycles. The Balaban J connectivity index is 1.67. The first-order valence-corrected chi connectivity index (χ1v) is 10.7. The summed E-state index contributed by atoms with van der Waals surface area (Å²) in [4.78, 5) is 20.2. The maximum Gasteiger partial charge on any atom is 0.237 e. The number of carbonyl (C=O) groups excluding carboxylic acids is 1. The first kappa shape index (κ1) is 20.2. The third-order valence-corrected chi connectivity index (χ3v) is 6.58. The van der Waals surface area contributed by atoms with E-state index in [2.05, 4.69) is 47.2 Å². The highest BCUT2D eigenvalue weighted by Crippen LogP contribution is 2.43.